The van der Waals surface area contributed by atoms with Crippen LogP contribution in [0.3, 0.4) is 0 Å². The largest absolute Gasteiger partial charge is 0.465 e. The van der Waals surface area contributed by atoms with E-state index in [0.29, 0.717) is 45.4 Å². The van der Waals surface area contributed by atoms with Crippen LogP contribution in [0, 0.1) is 6.92 Å². The Morgan fingerprint density at radius 3 is 2.52 bits per heavy atom. The van der Waals surface area contributed by atoms with Crippen LogP contribution in [0.2, 0.25) is 0 Å². The quantitative estimate of drug-likeness (QED) is 0.249. The normalized spacial score (nSPS) is 17.1. The van der Waals surface area contributed by atoms with Crippen molar-refractivity contribution in [3.8, 4) is 0 Å². The van der Waals surface area contributed by atoms with Crippen LogP contribution < -0.4 is 4.90 Å². The second kappa shape index (κ2) is 14.0. The molecular formula is C26H43ClN2O4. The molecule has 1 unspecified atom stereocenters. The standard InChI is InChI=1S/C26H43ClN2O4/c1-21-9-10-23-22(2)20-26(3,4)29(24(23)19-21)13-12-28(25(30)31)14-16-33-18-17-32-15-8-6-5-7-11-27/h9-10,19,22H,5-8,11-18,20H2,1-4H3,(H,30,31). The molecule has 0 bridgehead atoms. The highest BCUT2D eigenvalue weighted by Crippen LogP contribution is 2.43. The van der Waals surface area contributed by atoms with Gasteiger partial charge >= 0.3 is 6.09 Å². The molecular weight excluding hydrogens is 440 g/mol. The Labute approximate surface area is 205 Å². The number of fused-ring (bicyclic) bond motifs is 1. The average molecular weight is 483 g/mol. The summed E-state index contributed by atoms with van der Waals surface area (Å²) in [7, 11) is 0. The highest BCUT2D eigenvalue weighted by molar-refractivity contribution is 6.17. The first-order valence-electron chi connectivity index (χ1n) is 12.3. The van der Waals surface area contributed by atoms with E-state index in [-0.39, 0.29) is 5.54 Å². The number of rotatable bonds is 15. The number of halogens is 1. The number of carbonyl (C=O) groups is 1. The molecule has 1 aliphatic heterocycles. The van der Waals surface area contributed by atoms with Gasteiger partial charge in [0.1, 0.15) is 0 Å². The van der Waals surface area contributed by atoms with E-state index < -0.39 is 6.09 Å². The molecule has 2 rings (SSSR count). The predicted octanol–water partition coefficient (Wildman–Crippen LogP) is 5.90. The van der Waals surface area contributed by atoms with Crippen molar-refractivity contribution in [1.82, 2.24) is 4.90 Å². The molecule has 1 atom stereocenters. The molecule has 0 saturated carbocycles. The molecule has 188 valence electrons. The number of carboxylic acid groups (broad SMARTS) is 1. The number of hydrogen-bond acceptors (Lipinski definition) is 4. The number of benzene rings is 1. The molecule has 1 heterocycles. The van der Waals surface area contributed by atoms with Gasteiger partial charge in [0, 0.05) is 43.3 Å². The summed E-state index contributed by atoms with van der Waals surface area (Å²) in [6.45, 7) is 12.5. The average Bonchev–Trinajstić information content (AvgIpc) is 2.74. The highest BCUT2D eigenvalue weighted by Gasteiger charge is 2.36. The van der Waals surface area contributed by atoms with Gasteiger partial charge in [-0.05, 0) is 63.1 Å². The van der Waals surface area contributed by atoms with E-state index in [0.717, 1.165) is 44.6 Å². The number of anilines is 1. The summed E-state index contributed by atoms with van der Waals surface area (Å²) in [4.78, 5) is 15.7. The van der Waals surface area contributed by atoms with Gasteiger partial charge in [-0.15, -0.1) is 11.6 Å². The first-order valence-corrected chi connectivity index (χ1v) is 12.9. The van der Waals surface area contributed by atoms with Crippen molar-refractivity contribution in [3.63, 3.8) is 0 Å². The highest BCUT2D eigenvalue weighted by atomic mass is 35.5. The van der Waals surface area contributed by atoms with Crippen LogP contribution >= 0.6 is 11.6 Å². The van der Waals surface area contributed by atoms with E-state index in [1.807, 2.05) is 0 Å². The van der Waals surface area contributed by atoms with E-state index >= 15 is 0 Å². The Morgan fingerprint density at radius 1 is 1.12 bits per heavy atom. The Hall–Kier alpha value is -1.50. The number of amides is 1. The van der Waals surface area contributed by atoms with E-state index in [1.165, 1.54) is 21.7 Å². The maximum absolute atomic E-state index is 11.8. The SMILES string of the molecule is Cc1ccc2c(c1)N(CCN(CCOCCOCCCCCCCl)C(=O)O)C(C)(C)CC2C. The third-order valence-corrected chi connectivity index (χ3v) is 6.73. The van der Waals surface area contributed by atoms with Crippen LogP contribution in [0.5, 0.6) is 0 Å². The minimum absolute atomic E-state index is 0.0256. The second-order valence-electron chi connectivity index (χ2n) is 9.73. The molecule has 33 heavy (non-hydrogen) atoms. The van der Waals surface area contributed by atoms with Crippen LogP contribution in [0.25, 0.3) is 0 Å². The van der Waals surface area contributed by atoms with Crippen molar-refractivity contribution in [2.75, 3.05) is 56.8 Å². The number of hydrogen-bond donors (Lipinski definition) is 1. The van der Waals surface area contributed by atoms with Crippen molar-refractivity contribution in [2.45, 2.75) is 71.3 Å². The first kappa shape index (κ1) is 27.7. The van der Waals surface area contributed by atoms with E-state index in [4.69, 9.17) is 21.1 Å². The Balaban J connectivity index is 1.76. The summed E-state index contributed by atoms with van der Waals surface area (Å²) in [5, 5.41) is 9.69. The fourth-order valence-electron chi connectivity index (χ4n) is 4.70. The van der Waals surface area contributed by atoms with E-state index in [2.05, 4.69) is 50.8 Å². The maximum atomic E-state index is 11.8. The molecule has 1 N–H and O–H groups in total. The molecule has 1 aliphatic rings. The molecule has 0 radical (unpaired) electrons. The topological polar surface area (TPSA) is 62.2 Å². The van der Waals surface area contributed by atoms with Gasteiger partial charge in [-0.2, -0.15) is 0 Å². The van der Waals surface area contributed by atoms with Crippen LogP contribution in [-0.4, -0.2) is 73.6 Å². The van der Waals surface area contributed by atoms with Crippen molar-refractivity contribution >= 4 is 23.4 Å². The molecule has 6 nitrogen and oxygen atoms in total. The van der Waals surface area contributed by atoms with Gasteiger partial charge in [0.05, 0.1) is 19.8 Å². The fourth-order valence-corrected chi connectivity index (χ4v) is 4.88. The van der Waals surface area contributed by atoms with Crippen molar-refractivity contribution in [2.24, 2.45) is 0 Å². The molecule has 1 aromatic carbocycles. The molecule has 7 heteroatoms. The van der Waals surface area contributed by atoms with Crippen LogP contribution in [0.15, 0.2) is 18.2 Å². The summed E-state index contributed by atoms with van der Waals surface area (Å²) in [5.41, 5.74) is 3.79. The number of alkyl halides is 1. The molecule has 0 aliphatic carbocycles. The van der Waals surface area contributed by atoms with Crippen molar-refractivity contribution in [1.29, 1.82) is 0 Å². The van der Waals surface area contributed by atoms with Gasteiger partial charge in [-0.25, -0.2) is 4.79 Å². The lowest BCUT2D eigenvalue weighted by atomic mass is 9.79. The minimum Gasteiger partial charge on any atom is -0.465 e. The van der Waals surface area contributed by atoms with Gasteiger partial charge in [0.25, 0.3) is 0 Å². The number of nitrogens with zero attached hydrogens (tertiary/aromatic N) is 2. The molecule has 0 aromatic heterocycles. The van der Waals surface area contributed by atoms with Gasteiger partial charge in [-0.1, -0.05) is 31.9 Å². The van der Waals surface area contributed by atoms with Gasteiger partial charge < -0.3 is 24.4 Å². The Bertz CT molecular complexity index is 728. The summed E-state index contributed by atoms with van der Waals surface area (Å²) in [5.74, 6) is 1.22. The first-order chi connectivity index (χ1) is 15.8. The van der Waals surface area contributed by atoms with Crippen LogP contribution in [-0.2, 0) is 9.47 Å². The zero-order valence-electron chi connectivity index (χ0n) is 20.9. The summed E-state index contributed by atoms with van der Waals surface area (Å²) in [6.07, 6.45) is 4.53. The zero-order chi connectivity index (χ0) is 24.3. The predicted molar refractivity (Wildman–Crippen MR) is 136 cm³/mol. The zero-order valence-corrected chi connectivity index (χ0v) is 21.7. The summed E-state index contributed by atoms with van der Waals surface area (Å²) in [6, 6.07) is 6.62. The van der Waals surface area contributed by atoms with Crippen molar-refractivity contribution in [3.05, 3.63) is 29.3 Å². The molecule has 0 spiro atoms. The number of aryl methyl sites for hydroxylation is 1. The summed E-state index contributed by atoms with van der Waals surface area (Å²) >= 11 is 5.67. The third kappa shape index (κ3) is 8.99. The molecule has 1 aromatic rings. The Kier molecular flexibility index (Phi) is 11.8. The van der Waals surface area contributed by atoms with E-state index in [1.54, 1.807) is 0 Å². The second-order valence-corrected chi connectivity index (χ2v) is 10.1. The maximum Gasteiger partial charge on any atom is 0.407 e. The van der Waals surface area contributed by atoms with Gasteiger partial charge in [0.15, 0.2) is 0 Å². The number of ether oxygens (including phenoxy) is 2. The Morgan fingerprint density at radius 2 is 1.82 bits per heavy atom. The fraction of sp³-hybridized carbons (Fsp3) is 0.731. The molecule has 1 amide bonds. The van der Waals surface area contributed by atoms with Gasteiger partial charge in [-0.3, -0.25) is 0 Å². The van der Waals surface area contributed by atoms with E-state index in [9.17, 15) is 9.90 Å². The van der Waals surface area contributed by atoms with Crippen LogP contribution in [0.1, 0.15) is 69.9 Å². The third-order valence-electron chi connectivity index (χ3n) is 6.46. The number of unbranched alkanes of at least 4 members (excludes halogenated alkanes) is 3. The van der Waals surface area contributed by atoms with Crippen LogP contribution in [0.4, 0.5) is 10.5 Å². The summed E-state index contributed by atoms with van der Waals surface area (Å²) < 4.78 is 11.2. The monoisotopic (exact) mass is 482 g/mol. The van der Waals surface area contributed by atoms with Gasteiger partial charge in [0.2, 0.25) is 0 Å². The smallest absolute Gasteiger partial charge is 0.407 e. The lowest BCUT2D eigenvalue weighted by Gasteiger charge is -2.48. The lowest BCUT2D eigenvalue weighted by Crippen LogP contribution is -2.51. The minimum atomic E-state index is -0.903. The molecule has 0 fully saturated rings. The lowest BCUT2D eigenvalue weighted by molar-refractivity contribution is 0.0378. The van der Waals surface area contributed by atoms with Crippen molar-refractivity contribution < 1.29 is 19.4 Å². The molecule has 0 saturated heterocycles.